The lowest BCUT2D eigenvalue weighted by atomic mass is 9.94. The molecule has 2 aromatic rings. The number of nitrogens with one attached hydrogen (secondary N) is 1. The van der Waals surface area contributed by atoms with Crippen molar-refractivity contribution in [1.29, 1.82) is 5.26 Å². The average Bonchev–Trinajstić information content (AvgIpc) is 3.52. The van der Waals surface area contributed by atoms with Gasteiger partial charge >= 0.3 is 6.09 Å². The maximum Gasteiger partial charge on any atom is 0.409 e. The number of aromatic nitrogens is 2. The summed E-state index contributed by atoms with van der Waals surface area (Å²) >= 11 is 0. The van der Waals surface area contributed by atoms with Gasteiger partial charge in [0, 0.05) is 25.0 Å². The summed E-state index contributed by atoms with van der Waals surface area (Å²) in [4.78, 5) is 25.8. The summed E-state index contributed by atoms with van der Waals surface area (Å²) in [6.07, 6.45) is 4.87. The van der Waals surface area contributed by atoms with Crippen LogP contribution in [0, 0.1) is 29.0 Å². The number of carbonyl (C=O) groups excluding carboxylic acids is 2. The van der Waals surface area contributed by atoms with E-state index in [1.165, 1.54) is 43.3 Å². The summed E-state index contributed by atoms with van der Waals surface area (Å²) < 4.78 is 20.1. The fourth-order valence-electron chi connectivity index (χ4n) is 3.86. The highest BCUT2D eigenvalue weighted by Crippen LogP contribution is 2.33. The number of piperidine rings is 1. The van der Waals surface area contributed by atoms with Crippen molar-refractivity contribution in [2.75, 3.05) is 25.0 Å². The summed E-state index contributed by atoms with van der Waals surface area (Å²) in [6.45, 7) is 1.04. The number of halogens is 1. The van der Waals surface area contributed by atoms with E-state index in [1.54, 1.807) is 9.58 Å². The van der Waals surface area contributed by atoms with Crippen molar-refractivity contribution in [3.63, 3.8) is 0 Å². The number of rotatable bonds is 7. The minimum Gasteiger partial charge on any atom is -0.449 e. The number of likely N-dealkylation sites (tertiary alicyclic amines) is 1. The number of benzene rings is 1. The van der Waals surface area contributed by atoms with Gasteiger partial charge < -0.3 is 20.7 Å². The lowest BCUT2D eigenvalue weighted by Crippen LogP contribution is -2.44. The molecule has 168 valence electrons. The molecular weight excluding hydrogens is 415 g/mol. The predicted molar refractivity (Wildman–Crippen MR) is 113 cm³/mol. The molecule has 1 aliphatic carbocycles. The van der Waals surface area contributed by atoms with Crippen molar-refractivity contribution in [1.82, 2.24) is 14.7 Å². The molecule has 3 N–H and O–H groups in total. The molecule has 2 aliphatic rings. The Labute approximate surface area is 184 Å². The molecule has 1 aromatic heterocycles. The zero-order chi connectivity index (χ0) is 22.7. The molecule has 0 spiro atoms. The third-order valence-corrected chi connectivity index (χ3v) is 5.89. The molecule has 2 amide bonds. The maximum atomic E-state index is 13.2. The van der Waals surface area contributed by atoms with Crippen LogP contribution < -0.4 is 11.1 Å². The number of amides is 2. The van der Waals surface area contributed by atoms with Crippen LogP contribution in [0.2, 0.25) is 0 Å². The van der Waals surface area contributed by atoms with Crippen molar-refractivity contribution in [3.05, 3.63) is 41.8 Å². The van der Waals surface area contributed by atoms with E-state index in [1.807, 2.05) is 0 Å². The van der Waals surface area contributed by atoms with Gasteiger partial charge in [-0.15, -0.1) is 0 Å². The summed E-state index contributed by atoms with van der Waals surface area (Å²) in [5, 5.41) is 17.1. The smallest absolute Gasteiger partial charge is 0.409 e. The van der Waals surface area contributed by atoms with E-state index in [9.17, 15) is 19.2 Å². The molecule has 1 saturated carbocycles. The molecule has 4 rings (SSSR count). The number of carbonyl (C=O) groups is 2. The summed E-state index contributed by atoms with van der Waals surface area (Å²) in [6, 6.07) is 7.52. The van der Waals surface area contributed by atoms with Crippen molar-refractivity contribution in [2.45, 2.75) is 31.7 Å². The second-order valence-corrected chi connectivity index (χ2v) is 8.25. The van der Waals surface area contributed by atoms with Crippen LogP contribution in [-0.4, -0.2) is 46.4 Å². The number of primary amides is 1. The van der Waals surface area contributed by atoms with Crippen LogP contribution in [0.1, 0.15) is 42.1 Å². The van der Waals surface area contributed by atoms with Crippen LogP contribution in [-0.2, 0) is 4.74 Å². The van der Waals surface area contributed by atoms with E-state index in [4.69, 9.17) is 10.5 Å². The number of nitrogens with zero attached hydrogens (tertiary/aromatic N) is 4. The van der Waals surface area contributed by atoms with E-state index in [0.717, 1.165) is 6.42 Å². The Morgan fingerprint density at radius 2 is 2.03 bits per heavy atom. The van der Waals surface area contributed by atoms with Gasteiger partial charge in [0.1, 0.15) is 11.4 Å². The van der Waals surface area contributed by atoms with E-state index < -0.39 is 17.9 Å². The Morgan fingerprint density at radius 3 is 2.69 bits per heavy atom. The molecule has 1 saturated heterocycles. The highest BCUT2D eigenvalue weighted by molar-refractivity contribution is 5.98. The third-order valence-electron chi connectivity index (χ3n) is 5.89. The van der Waals surface area contributed by atoms with Crippen LogP contribution in [0.5, 0.6) is 0 Å². The minimum atomic E-state index is -0.675. The Bertz CT molecular complexity index is 1030. The highest BCUT2D eigenvalue weighted by Gasteiger charge is 2.35. The summed E-state index contributed by atoms with van der Waals surface area (Å²) in [7, 11) is 0. The van der Waals surface area contributed by atoms with Crippen molar-refractivity contribution >= 4 is 23.5 Å². The monoisotopic (exact) mass is 440 g/mol. The molecule has 2 atom stereocenters. The number of hydrogen-bond acceptors (Lipinski definition) is 6. The topological polar surface area (TPSA) is 126 Å². The normalized spacial score (nSPS) is 20.4. The first kappa shape index (κ1) is 21.6. The number of nitriles is 1. The molecule has 2 heterocycles. The number of anilines is 2. The van der Waals surface area contributed by atoms with Crippen molar-refractivity contribution in [2.24, 2.45) is 17.6 Å². The van der Waals surface area contributed by atoms with Gasteiger partial charge in [-0.3, -0.25) is 9.48 Å². The number of nitrogens with two attached hydrogens (primary N) is 1. The minimum absolute atomic E-state index is 0.160. The standard InChI is InChI=1S/C22H25FN6O3/c23-16-3-5-17(6-4-16)26-21-18(20(25)30)13-29(27-21)19-7-9-28(12-15(19)11-24)22(31)32-10-8-14-1-2-14/h3-6,13-15,19H,1-2,7-10,12H2,(H2,25,30)(H,26,27). The quantitative estimate of drug-likeness (QED) is 0.681. The first-order valence-corrected chi connectivity index (χ1v) is 10.7. The van der Waals surface area contributed by atoms with Gasteiger partial charge in [-0.25, -0.2) is 9.18 Å². The molecule has 1 aromatic carbocycles. The Morgan fingerprint density at radius 1 is 1.28 bits per heavy atom. The van der Waals surface area contributed by atoms with Gasteiger partial charge in [-0.05, 0) is 43.0 Å². The SMILES string of the molecule is N#CC1CN(C(=O)OCCC2CC2)CCC1n1cc(C(N)=O)c(Nc2ccc(F)cc2)n1. The molecule has 10 heteroatoms. The molecule has 0 radical (unpaired) electrons. The molecule has 9 nitrogen and oxygen atoms in total. The fraction of sp³-hybridized carbons (Fsp3) is 0.455. The Hall–Kier alpha value is -3.61. The first-order valence-electron chi connectivity index (χ1n) is 10.7. The second-order valence-electron chi connectivity index (χ2n) is 8.25. The largest absolute Gasteiger partial charge is 0.449 e. The summed E-state index contributed by atoms with van der Waals surface area (Å²) in [5.74, 6) is -0.684. The van der Waals surface area contributed by atoms with Crippen molar-refractivity contribution < 1.29 is 18.7 Å². The first-order chi connectivity index (χ1) is 15.4. The average molecular weight is 440 g/mol. The van der Waals surface area contributed by atoms with Crippen LogP contribution >= 0.6 is 0 Å². The van der Waals surface area contributed by atoms with Gasteiger partial charge in [0.15, 0.2) is 5.82 Å². The Balaban J connectivity index is 1.45. The van der Waals surface area contributed by atoms with Gasteiger partial charge in [-0.2, -0.15) is 10.4 Å². The Kier molecular flexibility index (Phi) is 6.25. The van der Waals surface area contributed by atoms with Crippen LogP contribution in [0.4, 0.5) is 20.7 Å². The van der Waals surface area contributed by atoms with Crippen LogP contribution in [0.15, 0.2) is 30.5 Å². The van der Waals surface area contributed by atoms with E-state index in [-0.39, 0.29) is 29.8 Å². The van der Waals surface area contributed by atoms with E-state index in [2.05, 4.69) is 16.5 Å². The third kappa shape index (κ3) is 4.99. The zero-order valence-electron chi connectivity index (χ0n) is 17.5. The van der Waals surface area contributed by atoms with Crippen LogP contribution in [0.25, 0.3) is 0 Å². The molecule has 1 aliphatic heterocycles. The highest BCUT2D eigenvalue weighted by atomic mass is 19.1. The summed E-state index contributed by atoms with van der Waals surface area (Å²) in [5.41, 5.74) is 6.21. The molecule has 2 fully saturated rings. The van der Waals surface area contributed by atoms with Crippen molar-refractivity contribution in [3.8, 4) is 6.07 Å². The van der Waals surface area contributed by atoms with Crippen LogP contribution in [0.3, 0.4) is 0 Å². The lowest BCUT2D eigenvalue weighted by molar-refractivity contribution is 0.0762. The van der Waals surface area contributed by atoms with E-state index >= 15 is 0 Å². The van der Waals surface area contributed by atoms with Gasteiger partial charge in [0.05, 0.1) is 24.6 Å². The molecule has 2 unspecified atom stereocenters. The zero-order valence-corrected chi connectivity index (χ0v) is 17.5. The number of ether oxygens (including phenoxy) is 1. The van der Waals surface area contributed by atoms with Gasteiger partial charge in [-0.1, -0.05) is 12.8 Å². The number of hydrogen-bond donors (Lipinski definition) is 2. The fourth-order valence-corrected chi connectivity index (χ4v) is 3.86. The second kappa shape index (κ2) is 9.26. The van der Waals surface area contributed by atoms with Gasteiger partial charge in [0.2, 0.25) is 0 Å². The van der Waals surface area contributed by atoms with E-state index in [0.29, 0.717) is 31.2 Å². The lowest BCUT2D eigenvalue weighted by Gasteiger charge is -2.34. The maximum absolute atomic E-state index is 13.2. The molecule has 0 bridgehead atoms. The molecular formula is C22H25FN6O3. The van der Waals surface area contributed by atoms with Gasteiger partial charge in [0.25, 0.3) is 5.91 Å². The predicted octanol–water partition coefficient (Wildman–Crippen LogP) is 3.19. The molecule has 32 heavy (non-hydrogen) atoms.